The average Bonchev–Trinajstić information content (AvgIpc) is 3.58. The summed E-state index contributed by atoms with van der Waals surface area (Å²) in [4.78, 5) is 55.8. The van der Waals surface area contributed by atoms with Gasteiger partial charge in [-0.25, -0.2) is 0 Å². The molecule has 0 aromatic heterocycles. The highest BCUT2D eigenvalue weighted by molar-refractivity contribution is 5.98. The Bertz CT molecular complexity index is 1170. The van der Waals surface area contributed by atoms with E-state index in [1.807, 2.05) is 6.07 Å². The average molecular weight is 493 g/mol. The molecule has 0 bridgehead atoms. The maximum atomic E-state index is 13.7. The number of rotatable bonds is 4. The molecule has 0 radical (unpaired) electrons. The number of hydrogen-bond donors (Lipinski definition) is 0. The topological polar surface area (TPSA) is 113 Å². The first-order chi connectivity index (χ1) is 17.4. The van der Waals surface area contributed by atoms with Crippen molar-refractivity contribution in [3.8, 4) is 0 Å². The van der Waals surface area contributed by atoms with Gasteiger partial charge in [-0.05, 0) is 31.0 Å². The van der Waals surface area contributed by atoms with Gasteiger partial charge in [-0.15, -0.1) is 0 Å². The van der Waals surface area contributed by atoms with Gasteiger partial charge in [0, 0.05) is 62.3 Å². The highest BCUT2D eigenvalue weighted by Gasteiger charge is 2.55. The van der Waals surface area contributed by atoms with Gasteiger partial charge in [0.15, 0.2) is 0 Å². The molecule has 2 aromatic rings. The van der Waals surface area contributed by atoms with E-state index in [1.165, 1.54) is 18.2 Å². The molecule has 1 unspecified atom stereocenters. The third kappa shape index (κ3) is 4.32. The Hall–Kier alpha value is -3.79. The van der Waals surface area contributed by atoms with E-state index >= 15 is 0 Å². The summed E-state index contributed by atoms with van der Waals surface area (Å²) in [6, 6.07) is 13.8. The molecule has 0 aliphatic carbocycles. The van der Waals surface area contributed by atoms with Crippen LogP contribution in [-0.4, -0.2) is 81.9 Å². The van der Waals surface area contributed by atoms with Crippen molar-refractivity contribution in [2.24, 2.45) is 0 Å². The number of carbonyl (C=O) groups excluding carboxylic acids is 3. The van der Waals surface area contributed by atoms with Gasteiger partial charge in [-0.3, -0.25) is 29.4 Å². The first-order valence-electron chi connectivity index (χ1n) is 12.2. The number of non-ortho nitro benzene ring substituents is 1. The van der Waals surface area contributed by atoms with Crippen molar-refractivity contribution in [3.05, 3.63) is 75.8 Å². The number of likely N-dealkylation sites (tertiary alicyclic amines) is 2. The maximum absolute atomic E-state index is 13.7. The summed E-state index contributed by atoms with van der Waals surface area (Å²) < 4.78 is 6.24. The van der Waals surface area contributed by atoms with Crippen molar-refractivity contribution in [3.63, 3.8) is 0 Å². The Balaban J connectivity index is 1.38. The molecule has 3 saturated heterocycles. The Labute approximate surface area is 208 Å². The number of carbonyl (C=O) groups is 3. The van der Waals surface area contributed by atoms with E-state index in [1.54, 1.807) is 45.0 Å². The van der Waals surface area contributed by atoms with Crippen LogP contribution in [0.15, 0.2) is 54.6 Å². The predicted octanol–water partition coefficient (Wildman–Crippen LogP) is 2.69. The zero-order chi connectivity index (χ0) is 25.3. The van der Waals surface area contributed by atoms with Gasteiger partial charge in [-0.2, -0.15) is 0 Å². The van der Waals surface area contributed by atoms with Crippen molar-refractivity contribution in [1.29, 1.82) is 0 Å². The number of piperidine rings is 1. The molecular weight excluding hydrogens is 464 g/mol. The molecule has 3 amide bonds. The summed E-state index contributed by atoms with van der Waals surface area (Å²) in [6.07, 6.45) is 2.59. The van der Waals surface area contributed by atoms with Gasteiger partial charge >= 0.3 is 0 Å². The summed E-state index contributed by atoms with van der Waals surface area (Å²) in [6.45, 7) is 2.07. The fraction of sp³-hybridized carbons (Fsp3) is 0.423. The van der Waals surface area contributed by atoms with Crippen LogP contribution in [0.5, 0.6) is 0 Å². The second kappa shape index (κ2) is 9.69. The lowest BCUT2D eigenvalue weighted by Crippen LogP contribution is -2.60. The van der Waals surface area contributed by atoms with Crippen molar-refractivity contribution >= 4 is 23.4 Å². The number of nitro benzene ring substituents is 1. The normalized spacial score (nSPS) is 21.1. The van der Waals surface area contributed by atoms with E-state index in [2.05, 4.69) is 0 Å². The van der Waals surface area contributed by atoms with Gasteiger partial charge in [0.25, 0.3) is 17.5 Å². The van der Waals surface area contributed by atoms with Crippen molar-refractivity contribution in [1.82, 2.24) is 14.7 Å². The number of nitro groups is 1. The van der Waals surface area contributed by atoms with Crippen LogP contribution >= 0.6 is 0 Å². The van der Waals surface area contributed by atoms with Gasteiger partial charge in [0.05, 0.1) is 11.5 Å². The largest absolute Gasteiger partial charge is 0.353 e. The molecule has 3 aliphatic rings. The summed E-state index contributed by atoms with van der Waals surface area (Å²) in [5, 5.41) is 11.1. The van der Waals surface area contributed by atoms with E-state index in [4.69, 9.17) is 4.74 Å². The number of amides is 3. The number of benzene rings is 2. The van der Waals surface area contributed by atoms with E-state index in [0.29, 0.717) is 44.6 Å². The molecule has 0 saturated carbocycles. The first kappa shape index (κ1) is 23.9. The second-order valence-electron chi connectivity index (χ2n) is 9.45. The predicted molar refractivity (Wildman–Crippen MR) is 129 cm³/mol. The zero-order valence-corrected chi connectivity index (χ0v) is 19.9. The number of hydrogen-bond acceptors (Lipinski definition) is 6. The van der Waals surface area contributed by atoms with Gasteiger partial charge in [0.1, 0.15) is 11.8 Å². The first-order valence-corrected chi connectivity index (χ1v) is 12.2. The highest BCUT2D eigenvalue weighted by Crippen LogP contribution is 2.39. The van der Waals surface area contributed by atoms with Gasteiger partial charge < -0.3 is 14.5 Å². The molecule has 2 aromatic carbocycles. The summed E-state index contributed by atoms with van der Waals surface area (Å²) in [5.41, 5.74) is -0.410. The fourth-order valence-electron chi connectivity index (χ4n) is 5.42. The standard InChI is InChI=1S/C26H28N4O6/c31-23(20-9-6-10-21(17-20)30(34)35)28-15-11-26(12-16-28)29(24(32)19-7-2-1-3-8-19)22(18-36-26)25(33)27-13-4-5-14-27/h1-3,6-10,17,22H,4-5,11-16,18H2. The highest BCUT2D eigenvalue weighted by atomic mass is 16.6. The van der Waals surface area contributed by atoms with Crippen LogP contribution in [0.4, 0.5) is 5.69 Å². The molecule has 1 atom stereocenters. The van der Waals surface area contributed by atoms with Crippen LogP contribution in [0.1, 0.15) is 46.4 Å². The summed E-state index contributed by atoms with van der Waals surface area (Å²) >= 11 is 0. The third-order valence-electron chi connectivity index (χ3n) is 7.34. The van der Waals surface area contributed by atoms with Crippen LogP contribution < -0.4 is 0 Å². The molecule has 3 fully saturated rings. The zero-order valence-electron chi connectivity index (χ0n) is 19.9. The molecule has 1 spiro atoms. The van der Waals surface area contributed by atoms with Crippen molar-refractivity contribution in [2.75, 3.05) is 32.8 Å². The lowest BCUT2D eigenvalue weighted by Gasteiger charge is -2.44. The number of nitrogens with zero attached hydrogens (tertiary/aromatic N) is 4. The third-order valence-corrected chi connectivity index (χ3v) is 7.34. The number of ether oxygens (including phenoxy) is 1. The van der Waals surface area contributed by atoms with E-state index in [0.717, 1.165) is 12.8 Å². The summed E-state index contributed by atoms with van der Waals surface area (Å²) in [5.74, 6) is -0.662. The second-order valence-corrected chi connectivity index (χ2v) is 9.45. The Morgan fingerprint density at radius 3 is 2.19 bits per heavy atom. The van der Waals surface area contributed by atoms with Crippen LogP contribution in [-0.2, 0) is 9.53 Å². The molecule has 0 N–H and O–H groups in total. The minimum absolute atomic E-state index is 0.0937. The van der Waals surface area contributed by atoms with Crippen LogP contribution in [0, 0.1) is 10.1 Å². The van der Waals surface area contributed by atoms with Gasteiger partial charge in [0.2, 0.25) is 5.91 Å². The van der Waals surface area contributed by atoms with Gasteiger partial charge in [-0.1, -0.05) is 24.3 Å². The minimum Gasteiger partial charge on any atom is -0.353 e. The molecule has 188 valence electrons. The molecule has 10 nitrogen and oxygen atoms in total. The van der Waals surface area contributed by atoms with Crippen LogP contribution in [0.3, 0.4) is 0 Å². The van der Waals surface area contributed by atoms with Crippen LogP contribution in [0.2, 0.25) is 0 Å². The smallest absolute Gasteiger partial charge is 0.270 e. The SMILES string of the molecule is O=C(c1cccc([N+](=O)[O-])c1)N1CCC2(CC1)OCC(C(=O)N1CCCC1)N2C(=O)c1ccccc1. The van der Waals surface area contributed by atoms with Crippen molar-refractivity contribution in [2.45, 2.75) is 37.5 Å². The monoisotopic (exact) mass is 492 g/mol. The fourth-order valence-corrected chi connectivity index (χ4v) is 5.42. The van der Waals surface area contributed by atoms with E-state index in [9.17, 15) is 24.5 Å². The lowest BCUT2D eigenvalue weighted by molar-refractivity contribution is -0.384. The molecular formula is C26H28N4O6. The Morgan fingerprint density at radius 2 is 1.53 bits per heavy atom. The molecule has 10 heteroatoms. The van der Waals surface area contributed by atoms with Crippen molar-refractivity contribution < 1.29 is 24.0 Å². The maximum Gasteiger partial charge on any atom is 0.270 e. The van der Waals surface area contributed by atoms with Crippen LogP contribution in [0.25, 0.3) is 0 Å². The molecule has 3 heterocycles. The molecule has 5 rings (SSSR count). The quantitative estimate of drug-likeness (QED) is 0.479. The Kier molecular flexibility index (Phi) is 6.44. The lowest BCUT2D eigenvalue weighted by atomic mass is 9.96. The summed E-state index contributed by atoms with van der Waals surface area (Å²) in [7, 11) is 0. The minimum atomic E-state index is -0.994. The van der Waals surface area contributed by atoms with E-state index < -0.39 is 16.7 Å². The van der Waals surface area contributed by atoms with E-state index in [-0.39, 0.29) is 35.6 Å². The molecule has 36 heavy (non-hydrogen) atoms. The molecule has 3 aliphatic heterocycles. The Morgan fingerprint density at radius 1 is 0.861 bits per heavy atom.